The Morgan fingerprint density at radius 3 is 3.00 bits per heavy atom. The van der Waals surface area contributed by atoms with Crippen molar-refractivity contribution in [1.29, 1.82) is 0 Å². The first-order chi connectivity index (χ1) is 2.50. The van der Waals surface area contributed by atoms with Gasteiger partial charge in [0.15, 0.2) is 0 Å². The van der Waals surface area contributed by atoms with E-state index in [1.165, 1.54) is 0 Å². The molecule has 0 aliphatic carbocycles. The molecule has 0 atom stereocenters. The number of hydrogen-bond acceptors (Lipinski definition) is 1. The third-order valence-corrected chi connectivity index (χ3v) is 0.406. The van der Waals surface area contributed by atoms with Gasteiger partial charge in [-0.2, -0.15) is 0 Å². The van der Waals surface area contributed by atoms with Gasteiger partial charge in [0, 0.05) is 13.8 Å². The lowest BCUT2D eigenvalue weighted by atomic mass is 11.0. The molecule has 0 bridgehead atoms. The predicted molar refractivity (Wildman–Crippen MR) is 20.7 cm³/mol. The largest absolute Gasteiger partial charge is 0.351 e. The van der Waals surface area contributed by atoms with Crippen molar-refractivity contribution in [1.82, 2.24) is 9.97 Å². The molecule has 1 aromatic rings. The second-order valence-electron chi connectivity index (χ2n) is 0.761. The van der Waals surface area contributed by atoms with Gasteiger partial charge in [-0.3, -0.25) is 0 Å². The fourth-order valence-corrected chi connectivity index (χ4v) is 0.215. The van der Waals surface area contributed by atoms with Crippen molar-refractivity contribution in [3.05, 3.63) is 18.7 Å². The monoisotopic (exact) mass is 70.1 g/mol. The summed E-state index contributed by atoms with van der Waals surface area (Å²) < 4.78 is 0. The first-order valence-corrected chi connectivity index (χ1v) is 1.43. The summed E-state index contributed by atoms with van der Waals surface area (Å²) in [5, 5.41) is 0. The summed E-state index contributed by atoms with van der Waals surface area (Å²) in [6.45, 7) is 0. The van der Waals surface area contributed by atoms with Gasteiger partial charge in [-0.25, -0.2) is 4.98 Å². The zero-order chi connectivity index (χ0) is 3.54. The van der Waals surface area contributed by atoms with Crippen LogP contribution < -0.4 is 0 Å². The first kappa shape index (κ1) is 2.45. The molecular formula is C3H6N2. The molecule has 0 saturated heterocycles. The molecule has 5 heavy (non-hydrogen) atoms. The van der Waals surface area contributed by atoms with E-state index >= 15 is 0 Å². The number of aromatic amines is 1. The molecule has 0 unspecified atom stereocenters. The lowest BCUT2D eigenvalue weighted by Gasteiger charge is -1.46. The van der Waals surface area contributed by atoms with Gasteiger partial charge in [0.05, 0.1) is 6.33 Å². The highest BCUT2D eigenvalue weighted by atomic mass is 14.8. The Hall–Kier alpha value is -0.790. The number of H-pyrrole nitrogens is 1. The third-order valence-electron chi connectivity index (χ3n) is 0.406. The smallest absolute Gasteiger partial charge is 0.0919 e. The molecule has 0 saturated carbocycles. The van der Waals surface area contributed by atoms with Crippen molar-refractivity contribution in [3.63, 3.8) is 0 Å². The summed E-state index contributed by atoms with van der Waals surface area (Å²) in [4.78, 5) is 6.42. The highest BCUT2D eigenvalue weighted by molar-refractivity contribution is 4.64. The quantitative estimate of drug-likeness (QED) is 0.477. The molecule has 1 rings (SSSR count). The number of imidazole rings is 1. The zero-order valence-corrected chi connectivity index (χ0v) is 2.68. The van der Waals surface area contributed by atoms with Crippen LogP contribution in [0.25, 0.3) is 0 Å². The van der Waals surface area contributed by atoms with Gasteiger partial charge in [0.25, 0.3) is 0 Å². The molecular weight excluding hydrogens is 64.0 g/mol. The molecule has 0 aliphatic rings. The van der Waals surface area contributed by atoms with E-state index in [0.717, 1.165) is 0 Å². The van der Waals surface area contributed by atoms with Crippen LogP contribution in [0, 0.1) is 0 Å². The van der Waals surface area contributed by atoms with E-state index in [9.17, 15) is 0 Å². The average molecular weight is 70.1 g/mol. The van der Waals surface area contributed by atoms with Crippen molar-refractivity contribution in [2.45, 2.75) is 0 Å². The standard InChI is InChI=1S/C3H4N2.H2/c1-2-5-3-4-1;/h1-3H,(H,4,5);1H. The first-order valence-electron chi connectivity index (χ1n) is 1.43. The van der Waals surface area contributed by atoms with Gasteiger partial charge in [-0.15, -0.1) is 0 Å². The summed E-state index contributed by atoms with van der Waals surface area (Å²) in [6, 6.07) is 0. The molecule has 1 N–H and O–H groups in total. The molecule has 0 aromatic carbocycles. The third kappa shape index (κ3) is 0.265. The molecule has 0 radical (unpaired) electrons. The molecule has 0 spiro atoms. The SMILES string of the molecule is [HH].c1c[nH]cn1. The fraction of sp³-hybridized carbons (Fsp3) is 0. The Labute approximate surface area is 31.3 Å². The van der Waals surface area contributed by atoms with Crippen molar-refractivity contribution < 1.29 is 1.43 Å². The van der Waals surface area contributed by atoms with Gasteiger partial charge in [-0.05, 0) is 0 Å². The van der Waals surface area contributed by atoms with E-state index in [2.05, 4.69) is 9.97 Å². The van der Waals surface area contributed by atoms with E-state index in [1.807, 2.05) is 0 Å². The van der Waals surface area contributed by atoms with E-state index in [1.54, 1.807) is 18.7 Å². The summed E-state index contributed by atoms with van der Waals surface area (Å²) in [6.07, 6.45) is 5.08. The Balaban J connectivity index is 0.000000250. The molecule has 0 amide bonds. The summed E-state index contributed by atoms with van der Waals surface area (Å²) in [7, 11) is 0. The predicted octanol–water partition coefficient (Wildman–Crippen LogP) is 0.656. The van der Waals surface area contributed by atoms with Crippen LogP contribution in [0.2, 0.25) is 0 Å². The lowest BCUT2D eigenvalue weighted by molar-refractivity contribution is 1.31. The molecule has 2 heteroatoms. The maximum Gasteiger partial charge on any atom is 0.0919 e. The van der Waals surface area contributed by atoms with Crippen LogP contribution in [-0.4, -0.2) is 9.97 Å². The van der Waals surface area contributed by atoms with Crippen molar-refractivity contribution in [2.24, 2.45) is 0 Å². The second kappa shape index (κ2) is 0.885. The van der Waals surface area contributed by atoms with E-state index in [-0.39, 0.29) is 1.43 Å². The Kier molecular flexibility index (Phi) is 0.433. The van der Waals surface area contributed by atoms with Crippen LogP contribution in [0.1, 0.15) is 1.43 Å². The molecule has 28 valence electrons. The summed E-state index contributed by atoms with van der Waals surface area (Å²) in [5.41, 5.74) is 0. The Bertz CT molecular complexity index is 65.3. The fourth-order valence-electron chi connectivity index (χ4n) is 0.215. The maximum atomic E-state index is 3.67. The van der Waals surface area contributed by atoms with Gasteiger partial charge < -0.3 is 4.98 Å². The minimum Gasteiger partial charge on any atom is -0.351 e. The lowest BCUT2D eigenvalue weighted by Crippen LogP contribution is -1.44. The minimum atomic E-state index is 0. The van der Waals surface area contributed by atoms with Gasteiger partial charge in [0.2, 0.25) is 0 Å². The van der Waals surface area contributed by atoms with Crippen LogP contribution in [0.15, 0.2) is 18.7 Å². The molecule has 2 nitrogen and oxygen atoms in total. The van der Waals surface area contributed by atoms with Crippen LogP contribution in [-0.2, 0) is 0 Å². The van der Waals surface area contributed by atoms with Gasteiger partial charge in [0.1, 0.15) is 0 Å². The molecule has 0 aliphatic heterocycles. The Morgan fingerprint density at radius 1 is 1.80 bits per heavy atom. The van der Waals surface area contributed by atoms with Crippen LogP contribution in [0.4, 0.5) is 0 Å². The number of nitrogens with zero attached hydrogens (tertiary/aromatic N) is 1. The highest BCUT2D eigenvalue weighted by Crippen LogP contribution is 1.62. The number of aromatic nitrogens is 2. The summed E-state index contributed by atoms with van der Waals surface area (Å²) in [5.74, 6) is 0. The minimum absolute atomic E-state index is 0. The molecule has 0 fully saturated rings. The topological polar surface area (TPSA) is 28.7 Å². The van der Waals surface area contributed by atoms with Gasteiger partial charge >= 0.3 is 0 Å². The van der Waals surface area contributed by atoms with E-state index in [4.69, 9.17) is 0 Å². The Morgan fingerprint density at radius 2 is 2.80 bits per heavy atom. The van der Waals surface area contributed by atoms with E-state index in [0.29, 0.717) is 0 Å². The molecule has 1 aromatic heterocycles. The van der Waals surface area contributed by atoms with Crippen molar-refractivity contribution in [3.8, 4) is 0 Å². The van der Waals surface area contributed by atoms with Crippen LogP contribution in [0.5, 0.6) is 0 Å². The summed E-state index contributed by atoms with van der Waals surface area (Å²) >= 11 is 0. The number of hydrogen-bond donors (Lipinski definition) is 1. The van der Waals surface area contributed by atoms with Crippen LogP contribution in [0.3, 0.4) is 0 Å². The van der Waals surface area contributed by atoms with Crippen molar-refractivity contribution >= 4 is 0 Å². The van der Waals surface area contributed by atoms with E-state index < -0.39 is 0 Å². The normalized spacial score (nSPS) is 8.00. The average Bonchev–Trinajstić information content (AvgIpc) is 1.76. The van der Waals surface area contributed by atoms with Gasteiger partial charge in [-0.1, -0.05) is 0 Å². The number of rotatable bonds is 0. The van der Waals surface area contributed by atoms with Crippen LogP contribution >= 0.6 is 0 Å². The number of nitrogens with one attached hydrogen (secondary N) is 1. The highest BCUT2D eigenvalue weighted by Gasteiger charge is 1.56. The molecule has 1 heterocycles. The van der Waals surface area contributed by atoms with Crippen molar-refractivity contribution in [2.75, 3.05) is 0 Å². The maximum absolute atomic E-state index is 3.67. The second-order valence-corrected chi connectivity index (χ2v) is 0.761. The zero-order valence-electron chi connectivity index (χ0n) is 2.68.